The number of rotatable bonds is 11. The molecule has 0 saturated heterocycles. The largest absolute Gasteiger partial charge is 0.493 e. The van der Waals surface area contributed by atoms with Crippen LogP contribution in [0.1, 0.15) is 11.1 Å². The molecule has 3 aromatic rings. The number of anilines is 1. The van der Waals surface area contributed by atoms with E-state index >= 15 is 0 Å². The van der Waals surface area contributed by atoms with Gasteiger partial charge >= 0.3 is 0 Å². The van der Waals surface area contributed by atoms with Crippen LogP contribution in [0.3, 0.4) is 0 Å². The molecule has 0 fully saturated rings. The second-order valence-corrected chi connectivity index (χ2v) is 7.15. The third kappa shape index (κ3) is 7.02. The van der Waals surface area contributed by atoms with Gasteiger partial charge in [-0.05, 0) is 17.7 Å². The Morgan fingerprint density at radius 2 is 1.81 bits per heavy atom. The Morgan fingerprint density at radius 3 is 2.50 bits per heavy atom. The van der Waals surface area contributed by atoms with Crippen molar-refractivity contribution in [3.8, 4) is 11.5 Å². The van der Waals surface area contributed by atoms with Crippen LogP contribution in [0.15, 0.2) is 66.7 Å². The molecular weight excluding hydrogens is 453 g/mol. The zero-order chi connectivity index (χ0) is 22.1. The number of nitrogens with zero attached hydrogens (tertiary/aromatic N) is 1. The Labute approximate surface area is 198 Å². The van der Waals surface area contributed by atoms with Crippen molar-refractivity contribution >= 4 is 35.4 Å². The zero-order valence-corrected chi connectivity index (χ0v) is 19.1. The smallest absolute Gasteiger partial charge is 0.271 e. The third-order valence-electron chi connectivity index (χ3n) is 4.60. The molecule has 0 unspecified atom stereocenters. The number of para-hydroxylation sites is 1. The average molecular weight is 478 g/mol. The number of nitro benzene ring substituents is 1. The van der Waals surface area contributed by atoms with Crippen LogP contribution in [0.25, 0.3) is 0 Å². The molecule has 0 aliphatic carbocycles. The summed E-state index contributed by atoms with van der Waals surface area (Å²) in [7, 11) is 1.62. The van der Waals surface area contributed by atoms with Gasteiger partial charge in [-0.1, -0.05) is 54.1 Å². The van der Waals surface area contributed by atoms with Crippen LogP contribution in [0.4, 0.5) is 11.4 Å². The molecule has 0 heterocycles. The van der Waals surface area contributed by atoms with Gasteiger partial charge in [0.15, 0.2) is 11.5 Å². The van der Waals surface area contributed by atoms with Crippen molar-refractivity contribution in [3.05, 3.63) is 93.0 Å². The fourth-order valence-corrected chi connectivity index (χ4v) is 3.27. The van der Waals surface area contributed by atoms with Crippen molar-refractivity contribution < 1.29 is 14.4 Å². The summed E-state index contributed by atoms with van der Waals surface area (Å²) in [5.74, 6) is 1.40. The summed E-state index contributed by atoms with van der Waals surface area (Å²) in [5, 5.41) is 17.7. The van der Waals surface area contributed by atoms with Crippen LogP contribution < -0.4 is 20.1 Å². The molecule has 170 valence electrons. The van der Waals surface area contributed by atoms with E-state index in [4.69, 9.17) is 21.1 Å². The standard InChI is InChI=1S/C23H24ClN3O4.ClH/c1-30-22-9-5-8-18(23(22)31-16-17-6-3-2-4-7-17)15-25-12-13-26-21-11-10-19(27(28)29)14-20(21)24;/h2-11,14,25-26H,12-13,15-16H2,1H3;1H. The van der Waals surface area contributed by atoms with Crippen molar-refractivity contribution in [3.63, 3.8) is 0 Å². The molecule has 3 aromatic carbocycles. The number of benzene rings is 3. The molecule has 9 heteroatoms. The Bertz CT molecular complexity index is 1020. The lowest BCUT2D eigenvalue weighted by molar-refractivity contribution is -0.384. The second kappa shape index (κ2) is 12.8. The predicted molar refractivity (Wildman–Crippen MR) is 129 cm³/mol. The molecule has 0 aliphatic rings. The van der Waals surface area contributed by atoms with Crippen LogP contribution in [-0.4, -0.2) is 25.1 Å². The van der Waals surface area contributed by atoms with Crippen LogP contribution in [-0.2, 0) is 13.2 Å². The number of ether oxygens (including phenoxy) is 2. The van der Waals surface area contributed by atoms with E-state index in [0.29, 0.717) is 48.5 Å². The molecule has 0 amide bonds. The summed E-state index contributed by atoms with van der Waals surface area (Å²) in [6.45, 7) is 2.30. The molecular formula is C23H25Cl2N3O4. The van der Waals surface area contributed by atoms with Crippen LogP contribution >= 0.6 is 24.0 Å². The zero-order valence-electron chi connectivity index (χ0n) is 17.5. The molecule has 32 heavy (non-hydrogen) atoms. The van der Waals surface area contributed by atoms with Crippen molar-refractivity contribution in [2.45, 2.75) is 13.2 Å². The topological polar surface area (TPSA) is 85.7 Å². The van der Waals surface area contributed by atoms with Gasteiger partial charge in [0.2, 0.25) is 0 Å². The summed E-state index contributed by atoms with van der Waals surface area (Å²) in [6.07, 6.45) is 0. The van der Waals surface area contributed by atoms with Gasteiger partial charge in [0.1, 0.15) is 6.61 Å². The lowest BCUT2D eigenvalue weighted by Crippen LogP contribution is -2.22. The fourth-order valence-electron chi connectivity index (χ4n) is 3.02. The minimum atomic E-state index is -0.469. The van der Waals surface area contributed by atoms with E-state index in [9.17, 15) is 10.1 Å². The Morgan fingerprint density at radius 1 is 1.03 bits per heavy atom. The van der Waals surface area contributed by atoms with Crippen LogP contribution in [0.2, 0.25) is 5.02 Å². The molecule has 0 radical (unpaired) electrons. The Hall–Kier alpha value is -3.00. The number of halogens is 2. The lowest BCUT2D eigenvalue weighted by atomic mass is 10.1. The summed E-state index contributed by atoms with van der Waals surface area (Å²) in [4.78, 5) is 10.3. The minimum Gasteiger partial charge on any atom is -0.493 e. The first-order chi connectivity index (χ1) is 15.1. The minimum absolute atomic E-state index is 0. The van der Waals surface area contributed by atoms with E-state index in [1.165, 1.54) is 12.1 Å². The first-order valence-electron chi connectivity index (χ1n) is 9.79. The Balaban J connectivity index is 0.00000363. The highest BCUT2D eigenvalue weighted by molar-refractivity contribution is 6.33. The summed E-state index contributed by atoms with van der Waals surface area (Å²) < 4.78 is 11.5. The van der Waals surface area contributed by atoms with Crippen molar-refractivity contribution in [2.24, 2.45) is 0 Å². The van der Waals surface area contributed by atoms with Crippen molar-refractivity contribution in [1.82, 2.24) is 5.32 Å². The molecule has 0 aliphatic heterocycles. The summed E-state index contributed by atoms with van der Waals surface area (Å²) in [6, 6.07) is 20.1. The van der Waals surface area contributed by atoms with E-state index in [0.717, 1.165) is 11.1 Å². The summed E-state index contributed by atoms with van der Waals surface area (Å²) in [5.41, 5.74) is 2.69. The first-order valence-corrected chi connectivity index (χ1v) is 10.2. The van der Waals surface area contributed by atoms with Gasteiger partial charge in [0.05, 0.1) is 22.7 Å². The second-order valence-electron chi connectivity index (χ2n) is 6.75. The first kappa shape index (κ1) is 25.3. The molecule has 3 rings (SSSR count). The third-order valence-corrected chi connectivity index (χ3v) is 4.92. The number of nitro groups is 1. The molecule has 2 N–H and O–H groups in total. The maximum Gasteiger partial charge on any atom is 0.271 e. The van der Waals surface area contributed by atoms with Gasteiger partial charge in [-0.25, -0.2) is 0 Å². The van der Waals surface area contributed by atoms with Crippen molar-refractivity contribution in [2.75, 3.05) is 25.5 Å². The summed E-state index contributed by atoms with van der Waals surface area (Å²) >= 11 is 6.10. The SMILES string of the molecule is COc1cccc(CNCCNc2ccc([N+](=O)[O-])cc2Cl)c1OCc1ccccc1.Cl. The number of hydrogen-bond acceptors (Lipinski definition) is 6. The van der Waals surface area contributed by atoms with Crippen molar-refractivity contribution in [1.29, 1.82) is 0 Å². The molecule has 7 nitrogen and oxygen atoms in total. The highest BCUT2D eigenvalue weighted by Gasteiger charge is 2.11. The van der Waals surface area contributed by atoms with E-state index in [2.05, 4.69) is 10.6 Å². The van der Waals surface area contributed by atoms with Gasteiger partial charge < -0.3 is 20.1 Å². The molecule has 0 spiro atoms. The molecule has 0 bridgehead atoms. The van der Waals surface area contributed by atoms with E-state index in [1.54, 1.807) is 13.2 Å². The molecule has 0 aromatic heterocycles. The van der Waals surface area contributed by atoms with Crippen LogP contribution in [0, 0.1) is 10.1 Å². The van der Waals surface area contributed by atoms with E-state index in [1.807, 2.05) is 48.5 Å². The van der Waals surface area contributed by atoms with Crippen LogP contribution in [0.5, 0.6) is 11.5 Å². The number of nitrogens with one attached hydrogen (secondary N) is 2. The number of hydrogen-bond donors (Lipinski definition) is 2. The van der Waals surface area contributed by atoms with E-state index < -0.39 is 4.92 Å². The van der Waals surface area contributed by atoms with Gasteiger partial charge in [-0.3, -0.25) is 10.1 Å². The van der Waals surface area contributed by atoms with E-state index in [-0.39, 0.29) is 18.1 Å². The Kier molecular flexibility index (Phi) is 10.1. The predicted octanol–water partition coefficient (Wildman–Crippen LogP) is 5.46. The maximum absolute atomic E-state index is 10.8. The highest BCUT2D eigenvalue weighted by atomic mass is 35.5. The van der Waals surface area contributed by atoms with Gasteiger partial charge in [0, 0.05) is 37.3 Å². The van der Waals surface area contributed by atoms with Gasteiger partial charge in [-0.2, -0.15) is 0 Å². The fraction of sp³-hybridized carbons (Fsp3) is 0.217. The lowest BCUT2D eigenvalue weighted by Gasteiger charge is -2.16. The maximum atomic E-state index is 10.8. The molecule has 0 atom stereocenters. The monoisotopic (exact) mass is 477 g/mol. The normalized spacial score (nSPS) is 10.2. The number of methoxy groups -OCH3 is 1. The van der Waals surface area contributed by atoms with Gasteiger partial charge in [-0.15, -0.1) is 12.4 Å². The average Bonchev–Trinajstić information content (AvgIpc) is 2.79. The quantitative estimate of drug-likeness (QED) is 0.216. The number of non-ortho nitro benzene ring substituents is 1. The highest BCUT2D eigenvalue weighted by Crippen LogP contribution is 2.32. The van der Waals surface area contributed by atoms with Gasteiger partial charge in [0.25, 0.3) is 5.69 Å². The molecule has 0 saturated carbocycles.